The highest BCUT2D eigenvalue weighted by Gasteiger charge is 2.40. The largest absolute Gasteiger partial charge is 0.480 e. The second kappa shape index (κ2) is 3.58. The first-order valence-corrected chi connectivity index (χ1v) is 5.62. The number of aliphatic carboxylic acids is 1. The molecule has 2 N–H and O–H groups in total. The number of allylic oxidation sites excluding steroid dienone is 2. The molecule has 0 radical (unpaired) electrons. The molecule has 2 aliphatic rings. The van der Waals surface area contributed by atoms with Crippen LogP contribution in [0.3, 0.4) is 0 Å². The average molecular weight is 233 g/mol. The Hall–Kier alpha value is -1.84. The van der Waals surface area contributed by atoms with Gasteiger partial charge in [-0.05, 0) is 30.2 Å². The van der Waals surface area contributed by atoms with Gasteiger partial charge in [-0.15, -0.1) is 0 Å². The molecule has 0 bridgehead atoms. The zero-order valence-corrected chi connectivity index (χ0v) is 9.06. The smallest absolute Gasteiger partial charge is 0.326 e. The van der Waals surface area contributed by atoms with Crippen LogP contribution in [-0.4, -0.2) is 17.1 Å². The van der Waals surface area contributed by atoms with E-state index in [2.05, 4.69) is 5.32 Å². The minimum absolute atomic E-state index is 0.0122. The lowest BCUT2D eigenvalue weighted by atomic mass is 9.79. The third-order valence-corrected chi connectivity index (χ3v) is 3.59. The van der Waals surface area contributed by atoms with Crippen LogP contribution < -0.4 is 5.32 Å². The highest BCUT2D eigenvalue weighted by molar-refractivity contribution is 5.80. The van der Waals surface area contributed by atoms with Crippen LogP contribution in [0.15, 0.2) is 30.4 Å². The molecule has 1 aliphatic carbocycles. The molecular weight excluding hydrogens is 221 g/mol. The monoisotopic (exact) mass is 233 g/mol. The van der Waals surface area contributed by atoms with Gasteiger partial charge in [0.2, 0.25) is 0 Å². The van der Waals surface area contributed by atoms with E-state index in [1.807, 2.05) is 12.2 Å². The SMILES string of the molecule is O=C(O)[C@@H]1Nc2ccc(F)cc2[C@H]2C=CC[C@H]21. The molecule has 3 rings (SSSR count). The number of nitrogens with one attached hydrogen (secondary N) is 1. The fourth-order valence-corrected chi connectivity index (χ4v) is 2.81. The summed E-state index contributed by atoms with van der Waals surface area (Å²) in [6, 6.07) is 3.87. The van der Waals surface area contributed by atoms with Crippen LogP contribution in [0.5, 0.6) is 0 Å². The van der Waals surface area contributed by atoms with Crippen LogP contribution in [-0.2, 0) is 4.79 Å². The summed E-state index contributed by atoms with van der Waals surface area (Å²) in [7, 11) is 0. The van der Waals surface area contributed by atoms with Crippen LogP contribution in [0.4, 0.5) is 10.1 Å². The van der Waals surface area contributed by atoms with Crippen molar-refractivity contribution in [3.8, 4) is 0 Å². The van der Waals surface area contributed by atoms with E-state index in [0.29, 0.717) is 0 Å². The van der Waals surface area contributed by atoms with Crippen LogP contribution in [0.2, 0.25) is 0 Å². The van der Waals surface area contributed by atoms with E-state index in [9.17, 15) is 14.3 Å². The van der Waals surface area contributed by atoms with Crippen molar-refractivity contribution in [3.63, 3.8) is 0 Å². The molecule has 0 aromatic heterocycles. The Morgan fingerprint density at radius 1 is 1.47 bits per heavy atom. The molecule has 0 fully saturated rings. The minimum Gasteiger partial charge on any atom is -0.480 e. The number of hydrogen-bond donors (Lipinski definition) is 2. The zero-order valence-electron chi connectivity index (χ0n) is 9.06. The van der Waals surface area contributed by atoms with Gasteiger partial charge in [0, 0.05) is 17.5 Å². The van der Waals surface area contributed by atoms with Crippen molar-refractivity contribution < 1.29 is 14.3 Å². The Morgan fingerprint density at radius 3 is 3.06 bits per heavy atom. The number of carbonyl (C=O) groups is 1. The van der Waals surface area contributed by atoms with Crippen LogP contribution >= 0.6 is 0 Å². The third kappa shape index (κ3) is 1.52. The maximum Gasteiger partial charge on any atom is 0.326 e. The first-order valence-electron chi connectivity index (χ1n) is 5.62. The third-order valence-electron chi connectivity index (χ3n) is 3.59. The topological polar surface area (TPSA) is 49.3 Å². The highest BCUT2D eigenvalue weighted by atomic mass is 19.1. The van der Waals surface area contributed by atoms with Gasteiger partial charge in [-0.2, -0.15) is 0 Å². The summed E-state index contributed by atoms with van der Waals surface area (Å²) in [5.74, 6) is -1.12. The lowest BCUT2D eigenvalue weighted by molar-refractivity contribution is -0.139. The van der Waals surface area contributed by atoms with Crippen molar-refractivity contribution in [1.29, 1.82) is 0 Å². The molecule has 0 amide bonds. The first-order chi connectivity index (χ1) is 8.16. The highest BCUT2D eigenvalue weighted by Crippen LogP contribution is 2.44. The number of carboxylic acid groups (broad SMARTS) is 1. The number of carboxylic acids is 1. The number of halogens is 1. The Kier molecular flexibility index (Phi) is 2.18. The Labute approximate surface area is 98.0 Å². The minimum atomic E-state index is -0.848. The summed E-state index contributed by atoms with van der Waals surface area (Å²) in [6.45, 7) is 0. The van der Waals surface area contributed by atoms with Crippen LogP contribution in [0, 0.1) is 11.7 Å². The number of anilines is 1. The molecule has 3 atom stereocenters. The summed E-state index contributed by atoms with van der Waals surface area (Å²) in [5.41, 5.74) is 1.59. The van der Waals surface area contributed by atoms with Gasteiger partial charge >= 0.3 is 5.97 Å². The van der Waals surface area contributed by atoms with Gasteiger partial charge in [0.15, 0.2) is 0 Å². The second-order valence-corrected chi connectivity index (χ2v) is 4.55. The Bertz CT molecular complexity index is 512. The van der Waals surface area contributed by atoms with Gasteiger partial charge < -0.3 is 10.4 Å². The summed E-state index contributed by atoms with van der Waals surface area (Å²) in [5, 5.41) is 12.2. The molecule has 0 unspecified atom stereocenters. The van der Waals surface area contributed by atoms with Gasteiger partial charge in [0.1, 0.15) is 11.9 Å². The van der Waals surface area contributed by atoms with E-state index in [4.69, 9.17) is 0 Å². The first kappa shape index (κ1) is 10.3. The van der Waals surface area contributed by atoms with Crippen molar-refractivity contribution in [2.24, 2.45) is 5.92 Å². The Balaban J connectivity index is 2.09. The van der Waals surface area contributed by atoms with E-state index >= 15 is 0 Å². The maximum absolute atomic E-state index is 13.2. The quantitative estimate of drug-likeness (QED) is 0.732. The van der Waals surface area contributed by atoms with Crippen molar-refractivity contribution in [2.75, 3.05) is 5.32 Å². The summed E-state index contributed by atoms with van der Waals surface area (Å²) >= 11 is 0. The van der Waals surface area contributed by atoms with Gasteiger partial charge in [-0.3, -0.25) is 0 Å². The number of fused-ring (bicyclic) bond motifs is 3. The summed E-state index contributed by atoms with van der Waals surface area (Å²) in [6.07, 6.45) is 4.69. The molecule has 88 valence electrons. The van der Waals surface area contributed by atoms with Gasteiger partial charge in [0.05, 0.1) is 0 Å². The van der Waals surface area contributed by atoms with Gasteiger partial charge in [0.25, 0.3) is 0 Å². The molecule has 1 aliphatic heterocycles. The van der Waals surface area contributed by atoms with E-state index in [1.54, 1.807) is 6.07 Å². The lowest BCUT2D eigenvalue weighted by Crippen LogP contribution is -2.41. The second-order valence-electron chi connectivity index (χ2n) is 4.55. The zero-order chi connectivity index (χ0) is 12.0. The molecule has 17 heavy (non-hydrogen) atoms. The van der Waals surface area contributed by atoms with E-state index < -0.39 is 12.0 Å². The van der Waals surface area contributed by atoms with Crippen molar-refractivity contribution >= 4 is 11.7 Å². The number of rotatable bonds is 1. The Morgan fingerprint density at radius 2 is 2.29 bits per heavy atom. The van der Waals surface area contributed by atoms with Crippen LogP contribution in [0.1, 0.15) is 17.9 Å². The summed E-state index contributed by atoms with van der Waals surface area (Å²) in [4.78, 5) is 11.2. The number of hydrogen-bond acceptors (Lipinski definition) is 2. The van der Waals surface area contributed by atoms with Gasteiger partial charge in [-0.25, -0.2) is 9.18 Å². The van der Waals surface area contributed by atoms with Crippen molar-refractivity contribution in [1.82, 2.24) is 0 Å². The molecule has 1 aromatic rings. The maximum atomic E-state index is 13.2. The van der Waals surface area contributed by atoms with Crippen LogP contribution in [0.25, 0.3) is 0 Å². The standard InChI is InChI=1S/C13H12FNO2/c14-7-4-5-11-10(6-7)8-2-1-3-9(8)12(15-11)13(16)17/h1-2,4-6,8-9,12,15H,3H2,(H,16,17)/t8-,9+,12+/m0/s1. The molecule has 3 nitrogen and oxygen atoms in total. The van der Waals surface area contributed by atoms with Crippen molar-refractivity contribution in [3.05, 3.63) is 41.7 Å². The predicted octanol–water partition coefficient (Wildman–Crippen LogP) is 2.36. The van der Waals surface area contributed by atoms with E-state index in [-0.39, 0.29) is 17.7 Å². The molecular formula is C13H12FNO2. The van der Waals surface area contributed by atoms with E-state index in [0.717, 1.165) is 17.7 Å². The fraction of sp³-hybridized carbons (Fsp3) is 0.308. The van der Waals surface area contributed by atoms with Gasteiger partial charge in [-0.1, -0.05) is 12.2 Å². The van der Waals surface area contributed by atoms with E-state index in [1.165, 1.54) is 12.1 Å². The normalized spacial score (nSPS) is 29.4. The number of benzene rings is 1. The molecule has 4 heteroatoms. The molecule has 1 heterocycles. The lowest BCUT2D eigenvalue weighted by Gasteiger charge is -2.34. The molecule has 0 saturated heterocycles. The molecule has 0 saturated carbocycles. The van der Waals surface area contributed by atoms with Crippen molar-refractivity contribution in [2.45, 2.75) is 18.4 Å². The average Bonchev–Trinajstić information content (AvgIpc) is 2.76. The molecule has 0 spiro atoms. The predicted molar refractivity (Wildman–Crippen MR) is 61.4 cm³/mol. The summed E-state index contributed by atoms with van der Waals surface area (Å²) < 4.78 is 13.2. The molecule has 1 aromatic carbocycles. The fourth-order valence-electron chi connectivity index (χ4n) is 2.81.